The second kappa shape index (κ2) is 23.9. The van der Waals surface area contributed by atoms with Gasteiger partial charge >= 0.3 is 35.0 Å². The van der Waals surface area contributed by atoms with Crippen molar-refractivity contribution in [2.24, 2.45) is 0 Å². The number of hydrogen-bond acceptors (Lipinski definition) is 20. The second-order valence-corrected chi connectivity index (χ2v) is 13.4. The first-order valence-electron chi connectivity index (χ1n) is 18.6. The number of nitrogen functional groups attached to an aromatic ring is 2. The number of nitrogens with zero attached hydrogens (tertiary/aromatic N) is 6. The summed E-state index contributed by atoms with van der Waals surface area (Å²) in [4.78, 5) is 121. The van der Waals surface area contributed by atoms with Gasteiger partial charge in [0.05, 0.1) is 36.9 Å². The van der Waals surface area contributed by atoms with Gasteiger partial charge in [-0.15, -0.1) is 0 Å². The van der Waals surface area contributed by atoms with Crippen LogP contribution in [0.4, 0.5) is 23.3 Å². The summed E-state index contributed by atoms with van der Waals surface area (Å²) in [6, 6.07) is 9.56. The summed E-state index contributed by atoms with van der Waals surface area (Å²) < 4.78 is 0. The zero-order chi connectivity index (χ0) is 46.5. The number of aromatic nitrogens is 8. The third-order valence-corrected chi connectivity index (χ3v) is 8.69. The monoisotopic (exact) mass is 922 g/mol. The van der Waals surface area contributed by atoms with Gasteiger partial charge in [-0.05, 0) is 74.2 Å². The number of rotatable bonds is 18. The minimum absolute atomic E-state index is 0. The Morgan fingerprint density at radius 1 is 0.606 bits per heavy atom. The maximum atomic E-state index is 12.3. The molecule has 0 spiro atoms. The third-order valence-electron chi connectivity index (χ3n) is 8.69. The number of anilines is 4. The van der Waals surface area contributed by atoms with Crippen molar-refractivity contribution in [3.05, 3.63) is 104 Å². The quantitative estimate of drug-likeness (QED) is 0.0368. The van der Waals surface area contributed by atoms with Gasteiger partial charge in [-0.25, -0.2) is 29.5 Å². The zero-order valence-corrected chi connectivity index (χ0v) is 35.6. The Hall–Kier alpha value is -8.37. The summed E-state index contributed by atoms with van der Waals surface area (Å²) in [5.41, 5.74) is 12.9. The summed E-state index contributed by atoms with van der Waals surface area (Å²) in [6.45, 7) is 0.450. The number of nitrogens with one attached hydrogen (secondary N) is 6. The number of nitrogens with two attached hydrogens (primary N) is 2. The summed E-state index contributed by atoms with van der Waals surface area (Å²) in [6.07, 6.45) is 1.32. The molecule has 27 nitrogen and oxygen atoms in total. The summed E-state index contributed by atoms with van der Waals surface area (Å²) in [7, 11) is 0. The Bertz CT molecular complexity index is 2650. The van der Waals surface area contributed by atoms with Gasteiger partial charge in [0.2, 0.25) is 11.9 Å². The van der Waals surface area contributed by atoms with Crippen LogP contribution in [0, 0.1) is 0 Å². The Balaban J connectivity index is 0.000000340. The first-order chi connectivity index (χ1) is 30.4. The molecule has 0 aliphatic carbocycles. The molecule has 6 rings (SSSR count). The van der Waals surface area contributed by atoms with Crippen molar-refractivity contribution in [3.8, 4) is 0 Å². The van der Waals surface area contributed by atoms with Gasteiger partial charge in [0, 0.05) is 34.4 Å². The summed E-state index contributed by atoms with van der Waals surface area (Å²) in [5, 5.41) is 49.9. The fourth-order valence-corrected chi connectivity index (χ4v) is 5.50. The molecule has 6 aromatic rings. The van der Waals surface area contributed by atoms with E-state index in [0.29, 0.717) is 22.8 Å². The van der Waals surface area contributed by atoms with E-state index >= 15 is 0 Å². The van der Waals surface area contributed by atoms with Crippen LogP contribution in [0.2, 0.25) is 0 Å². The maximum Gasteiger partial charge on any atom is 2.00 e. The zero-order valence-electron chi connectivity index (χ0n) is 34.2. The molecule has 0 bridgehead atoms. The molecule has 0 unspecified atom stereocenters. The Labute approximate surface area is 385 Å². The van der Waals surface area contributed by atoms with Crippen molar-refractivity contribution < 1.29 is 54.7 Å². The van der Waals surface area contributed by atoms with Crippen LogP contribution in [0.1, 0.15) is 57.8 Å². The van der Waals surface area contributed by atoms with Crippen LogP contribution in [-0.2, 0) is 32.3 Å². The van der Waals surface area contributed by atoms with E-state index in [1.165, 1.54) is 36.7 Å². The van der Waals surface area contributed by atoms with Crippen molar-refractivity contribution in [1.29, 1.82) is 0 Å². The van der Waals surface area contributed by atoms with Crippen LogP contribution in [-0.4, -0.2) is 126 Å². The number of aromatic amines is 2. The van der Waals surface area contributed by atoms with E-state index in [1.54, 1.807) is 24.3 Å². The first kappa shape index (κ1) is 52.0. The second-order valence-electron chi connectivity index (χ2n) is 13.4. The van der Waals surface area contributed by atoms with Crippen LogP contribution in [0.15, 0.2) is 70.5 Å². The van der Waals surface area contributed by atoms with E-state index < -0.39 is 71.7 Å². The minimum atomic E-state index is -1.40. The molecule has 340 valence electrons. The van der Waals surface area contributed by atoms with E-state index in [9.17, 15) is 48.6 Å². The number of carboxylic acid groups (broad SMARTS) is 4. The van der Waals surface area contributed by atoms with E-state index in [-0.39, 0.29) is 99.8 Å². The average molecular weight is 923 g/mol. The molecule has 0 saturated carbocycles. The number of hydrogen-bond donors (Lipinski definition) is 10. The van der Waals surface area contributed by atoms with Gasteiger partial charge in [0.15, 0.2) is 22.3 Å². The molecule has 2 atom stereocenters. The van der Waals surface area contributed by atoms with Crippen LogP contribution in [0.5, 0.6) is 0 Å². The van der Waals surface area contributed by atoms with Crippen molar-refractivity contribution in [2.75, 3.05) is 22.1 Å². The fraction of sp³-hybridized carbons (Fsp3) is 0.211. The molecule has 66 heavy (non-hydrogen) atoms. The van der Waals surface area contributed by atoms with E-state index in [2.05, 4.69) is 61.1 Å². The van der Waals surface area contributed by atoms with Crippen molar-refractivity contribution in [3.63, 3.8) is 0 Å². The third kappa shape index (κ3) is 14.9. The number of amides is 2. The van der Waals surface area contributed by atoms with E-state index in [1.807, 2.05) is 0 Å². The molecule has 0 aliphatic heterocycles. The van der Waals surface area contributed by atoms with Crippen LogP contribution < -0.4 is 54.1 Å². The molecule has 4 aromatic heterocycles. The van der Waals surface area contributed by atoms with Gasteiger partial charge < -0.3 is 68.2 Å². The van der Waals surface area contributed by atoms with Crippen molar-refractivity contribution in [2.45, 2.75) is 50.9 Å². The number of carbonyl (C=O) groups is 6. The summed E-state index contributed by atoms with van der Waals surface area (Å²) in [5.74, 6) is -6.91. The predicted molar refractivity (Wildman–Crippen MR) is 228 cm³/mol. The molecular weight excluding hydrogens is 885 g/mol. The first-order valence-corrected chi connectivity index (χ1v) is 18.6. The molecule has 14 N–H and O–H groups in total. The minimum Gasteiger partial charge on any atom is -0.550 e. The molecule has 0 saturated heterocycles. The molecule has 0 aliphatic rings. The number of carbonyl (C=O) groups excluding carboxylic acids is 4. The molecular formula is C38H38MgN14O13. The van der Waals surface area contributed by atoms with Crippen LogP contribution in [0.3, 0.4) is 0 Å². The number of carboxylic acids is 4. The van der Waals surface area contributed by atoms with Gasteiger partial charge in [-0.1, -0.05) is 0 Å². The predicted octanol–water partition coefficient (Wildman–Crippen LogP) is -3.96. The average Bonchev–Trinajstić information content (AvgIpc) is 3.25. The van der Waals surface area contributed by atoms with E-state index in [0.717, 1.165) is 0 Å². The Morgan fingerprint density at radius 3 is 1.27 bits per heavy atom. The smallest absolute Gasteiger partial charge is 0.550 e. The molecule has 2 aromatic carbocycles. The summed E-state index contributed by atoms with van der Waals surface area (Å²) >= 11 is 0. The molecule has 0 fully saturated rings. The van der Waals surface area contributed by atoms with Gasteiger partial charge in [0.25, 0.3) is 22.9 Å². The SMILES string of the molecule is Nc1nc2ncc(CNc3ccc(C(=O)N[C@@H](CCC(=O)[O-])C(=O)O)cc3)nc2c(=O)[nH]1.Nc1nc2ncc(CNc3ccc(C(=O)N[C@@H](CCC(=O)[O-])C(=O)O)cc3)nc2c(=O)[nH]1.O.[Mg+2]. The standard InChI is InChI=1S/2C19H19N7O6.Mg.H2O/c2*20-19-25-15-14(17(30)26-19)23-11(8-22-15)7-21-10-3-1-9(2-4-10)16(29)24-12(18(31)32)5-6-13(27)28;;/h2*1-4,8,12,21H,5-7H2,(H,24,29)(H,27,28)(H,31,32)(H3,20,22,25,26,30);;1H2/q;;+2;/p-2/t2*12-;;/m00../s1. The van der Waals surface area contributed by atoms with Gasteiger partial charge in [0.1, 0.15) is 12.1 Å². The normalized spacial score (nSPS) is 11.3. The molecule has 2 amide bonds. The number of fused-ring (bicyclic) bond motifs is 2. The fourth-order valence-electron chi connectivity index (χ4n) is 5.50. The molecule has 0 radical (unpaired) electrons. The largest absolute Gasteiger partial charge is 2.00 e. The number of benzene rings is 2. The molecule has 28 heteroatoms. The molecule has 4 heterocycles. The number of aliphatic carboxylic acids is 4. The van der Waals surface area contributed by atoms with Crippen molar-refractivity contribution in [1.82, 2.24) is 50.5 Å². The van der Waals surface area contributed by atoms with Gasteiger partial charge in [-0.3, -0.25) is 29.1 Å². The van der Waals surface area contributed by atoms with Gasteiger partial charge in [-0.2, -0.15) is 9.97 Å². The Kier molecular flexibility index (Phi) is 18.8. The van der Waals surface area contributed by atoms with E-state index in [4.69, 9.17) is 21.7 Å². The topological polar surface area (TPSA) is 464 Å². The maximum absolute atomic E-state index is 12.3. The Morgan fingerprint density at radius 2 is 0.955 bits per heavy atom. The number of H-pyrrole nitrogens is 2. The van der Waals surface area contributed by atoms with Crippen LogP contribution in [0.25, 0.3) is 22.3 Å². The van der Waals surface area contributed by atoms with Crippen LogP contribution >= 0.6 is 0 Å². The van der Waals surface area contributed by atoms with Crippen molar-refractivity contribution >= 4 is 104 Å².